The highest BCUT2D eigenvalue weighted by Crippen LogP contribution is 2.27. The van der Waals surface area contributed by atoms with Crippen molar-refractivity contribution in [1.82, 2.24) is 9.88 Å². The molecule has 8 heteroatoms. The number of aromatic nitrogens is 1. The van der Waals surface area contributed by atoms with Crippen LogP contribution in [0.1, 0.15) is 45.4 Å². The second-order valence-electron chi connectivity index (χ2n) is 7.11. The molecule has 1 saturated carbocycles. The van der Waals surface area contributed by atoms with Crippen molar-refractivity contribution < 1.29 is 18.7 Å². The molecule has 1 aliphatic rings. The van der Waals surface area contributed by atoms with Crippen LogP contribution in [-0.2, 0) is 20.9 Å². The van der Waals surface area contributed by atoms with Gasteiger partial charge in [-0.25, -0.2) is 4.79 Å². The lowest BCUT2D eigenvalue weighted by Gasteiger charge is -2.32. The SMILES string of the molecule is C[C@H](OC(=O)CCn1c(=O)oc2ccccc21)C(=O)NC1(C#N)CCCCC1. The van der Waals surface area contributed by atoms with Crippen molar-refractivity contribution in [2.75, 3.05) is 0 Å². The molecule has 0 unspecified atom stereocenters. The van der Waals surface area contributed by atoms with Gasteiger partial charge in [-0.1, -0.05) is 31.4 Å². The number of rotatable bonds is 6. The van der Waals surface area contributed by atoms with Crippen molar-refractivity contribution in [1.29, 1.82) is 5.26 Å². The summed E-state index contributed by atoms with van der Waals surface area (Å²) in [6.45, 7) is 1.56. The average molecular weight is 385 g/mol. The maximum absolute atomic E-state index is 12.4. The summed E-state index contributed by atoms with van der Waals surface area (Å²) in [4.78, 5) is 36.4. The third-order valence-corrected chi connectivity index (χ3v) is 5.07. The van der Waals surface area contributed by atoms with E-state index >= 15 is 0 Å². The molecule has 1 fully saturated rings. The molecule has 3 rings (SSSR count). The number of amides is 1. The van der Waals surface area contributed by atoms with Crippen molar-refractivity contribution in [3.8, 4) is 6.07 Å². The maximum atomic E-state index is 12.4. The summed E-state index contributed by atoms with van der Waals surface area (Å²) in [5, 5.41) is 12.2. The third-order valence-electron chi connectivity index (χ3n) is 5.07. The van der Waals surface area contributed by atoms with Crippen LogP contribution < -0.4 is 11.1 Å². The Balaban J connectivity index is 1.55. The van der Waals surface area contributed by atoms with Gasteiger partial charge in [0.05, 0.1) is 18.0 Å². The molecule has 1 atom stereocenters. The van der Waals surface area contributed by atoms with Crippen LogP contribution in [0, 0.1) is 11.3 Å². The largest absolute Gasteiger partial charge is 0.452 e. The van der Waals surface area contributed by atoms with E-state index in [2.05, 4.69) is 11.4 Å². The minimum absolute atomic E-state index is 0.0789. The lowest BCUT2D eigenvalue weighted by Crippen LogP contribution is -2.52. The number of benzene rings is 1. The van der Waals surface area contributed by atoms with Crippen LogP contribution in [0.4, 0.5) is 0 Å². The van der Waals surface area contributed by atoms with E-state index < -0.39 is 29.3 Å². The molecule has 0 saturated heterocycles. The first-order chi connectivity index (χ1) is 13.4. The first kappa shape index (κ1) is 19.7. The molecule has 8 nitrogen and oxygen atoms in total. The van der Waals surface area contributed by atoms with Gasteiger partial charge in [0, 0.05) is 6.54 Å². The molecule has 0 aliphatic heterocycles. The summed E-state index contributed by atoms with van der Waals surface area (Å²) >= 11 is 0. The van der Waals surface area contributed by atoms with E-state index in [0.717, 1.165) is 19.3 Å². The second-order valence-corrected chi connectivity index (χ2v) is 7.11. The topological polar surface area (TPSA) is 114 Å². The predicted octanol–water partition coefficient (Wildman–Crippen LogP) is 2.26. The van der Waals surface area contributed by atoms with Gasteiger partial charge in [0.15, 0.2) is 11.7 Å². The van der Waals surface area contributed by atoms with Gasteiger partial charge in [-0.05, 0) is 31.9 Å². The number of nitrogens with zero attached hydrogens (tertiary/aromatic N) is 2. The smallest absolute Gasteiger partial charge is 0.419 e. The van der Waals surface area contributed by atoms with E-state index in [1.807, 2.05) is 0 Å². The number of fused-ring (bicyclic) bond motifs is 1. The number of nitrogens with one attached hydrogen (secondary N) is 1. The number of para-hydroxylation sites is 2. The summed E-state index contributed by atoms with van der Waals surface area (Å²) in [7, 11) is 0. The van der Waals surface area contributed by atoms with E-state index in [1.165, 1.54) is 11.5 Å². The number of oxazole rings is 1. The highest BCUT2D eigenvalue weighted by Gasteiger charge is 2.35. The van der Waals surface area contributed by atoms with Crippen molar-refractivity contribution in [3.05, 3.63) is 34.8 Å². The monoisotopic (exact) mass is 385 g/mol. The summed E-state index contributed by atoms with van der Waals surface area (Å²) in [6.07, 6.45) is 2.93. The number of ether oxygens (including phenoxy) is 1. The Bertz CT molecular complexity index is 962. The lowest BCUT2D eigenvalue weighted by atomic mass is 9.83. The van der Waals surface area contributed by atoms with E-state index in [0.29, 0.717) is 23.9 Å². The minimum atomic E-state index is -1.02. The number of nitriles is 1. The molecule has 1 amide bonds. The van der Waals surface area contributed by atoms with Gasteiger partial charge in [-0.15, -0.1) is 0 Å². The first-order valence-electron chi connectivity index (χ1n) is 9.45. The van der Waals surface area contributed by atoms with Crippen molar-refractivity contribution in [2.24, 2.45) is 0 Å². The van der Waals surface area contributed by atoms with Gasteiger partial charge in [-0.2, -0.15) is 5.26 Å². The van der Waals surface area contributed by atoms with E-state index in [1.54, 1.807) is 24.3 Å². The van der Waals surface area contributed by atoms with Crippen LogP contribution in [-0.4, -0.2) is 28.1 Å². The maximum Gasteiger partial charge on any atom is 0.419 e. The molecule has 1 aromatic heterocycles. The summed E-state index contributed by atoms with van der Waals surface area (Å²) in [6, 6.07) is 9.13. The Morgan fingerprint density at radius 2 is 2.04 bits per heavy atom. The Morgan fingerprint density at radius 3 is 2.75 bits per heavy atom. The predicted molar refractivity (Wildman–Crippen MR) is 100 cm³/mol. The molecule has 0 spiro atoms. The zero-order valence-corrected chi connectivity index (χ0v) is 15.8. The molecule has 0 radical (unpaired) electrons. The van der Waals surface area contributed by atoms with Crippen LogP contribution in [0.3, 0.4) is 0 Å². The van der Waals surface area contributed by atoms with Crippen molar-refractivity contribution in [2.45, 2.75) is 63.6 Å². The van der Waals surface area contributed by atoms with Crippen LogP contribution in [0.25, 0.3) is 11.1 Å². The zero-order chi connectivity index (χ0) is 20.1. The molecule has 1 N–H and O–H groups in total. The average Bonchev–Trinajstić information content (AvgIpc) is 3.02. The molecule has 2 aromatic rings. The normalized spacial score (nSPS) is 16.9. The van der Waals surface area contributed by atoms with Crippen LogP contribution in [0.5, 0.6) is 0 Å². The van der Waals surface area contributed by atoms with E-state index in [-0.39, 0.29) is 13.0 Å². The lowest BCUT2D eigenvalue weighted by molar-refractivity contribution is -0.155. The van der Waals surface area contributed by atoms with E-state index in [9.17, 15) is 19.6 Å². The minimum Gasteiger partial charge on any atom is -0.452 e. The standard InChI is InChI=1S/C20H23N3O5/c1-14(18(25)22-20(13-21)10-5-2-6-11-20)27-17(24)9-12-23-15-7-3-4-8-16(15)28-19(23)26/h3-4,7-8,14H,2,5-6,9-12H2,1H3,(H,22,25)/t14-/m0/s1. The fourth-order valence-electron chi connectivity index (χ4n) is 3.50. The van der Waals surface area contributed by atoms with Crippen LogP contribution >= 0.6 is 0 Å². The second kappa shape index (κ2) is 8.30. The molecule has 1 aromatic carbocycles. The molecule has 1 aliphatic carbocycles. The van der Waals surface area contributed by atoms with Crippen molar-refractivity contribution >= 4 is 23.0 Å². The zero-order valence-electron chi connectivity index (χ0n) is 15.8. The van der Waals surface area contributed by atoms with Gasteiger partial charge in [0.2, 0.25) is 0 Å². The highest BCUT2D eigenvalue weighted by atomic mass is 16.5. The van der Waals surface area contributed by atoms with Gasteiger partial charge in [-0.3, -0.25) is 14.2 Å². The van der Waals surface area contributed by atoms with Gasteiger partial charge in [0.1, 0.15) is 5.54 Å². The Kier molecular flexibility index (Phi) is 5.83. The fourth-order valence-corrected chi connectivity index (χ4v) is 3.50. The van der Waals surface area contributed by atoms with Gasteiger partial charge in [0.25, 0.3) is 5.91 Å². The molecule has 1 heterocycles. The molecule has 28 heavy (non-hydrogen) atoms. The summed E-state index contributed by atoms with van der Waals surface area (Å²) in [5.74, 6) is -1.63. The van der Waals surface area contributed by atoms with Crippen molar-refractivity contribution in [3.63, 3.8) is 0 Å². The number of carbonyl (C=O) groups is 2. The molecular weight excluding hydrogens is 362 g/mol. The van der Waals surface area contributed by atoms with Crippen LogP contribution in [0.2, 0.25) is 0 Å². The summed E-state index contributed by atoms with van der Waals surface area (Å²) in [5.41, 5.74) is 0.168. The molecule has 0 bridgehead atoms. The third kappa shape index (κ3) is 4.25. The van der Waals surface area contributed by atoms with Crippen LogP contribution in [0.15, 0.2) is 33.5 Å². The van der Waals surface area contributed by atoms with Gasteiger partial charge < -0.3 is 14.5 Å². The van der Waals surface area contributed by atoms with E-state index in [4.69, 9.17) is 9.15 Å². The quantitative estimate of drug-likeness (QED) is 0.763. The Labute approximate surface area is 162 Å². The Hall–Kier alpha value is -3.08. The first-order valence-corrected chi connectivity index (χ1v) is 9.45. The highest BCUT2D eigenvalue weighted by molar-refractivity contribution is 5.84. The number of esters is 1. The summed E-state index contributed by atoms with van der Waals surface area (Å²) < 4.78 is 11.7. The van der Waals surface area contributed by atoms with Gasteiger partial charge >= 0.3 is 11.7 Å². The number of aryl methyl sites for hydroxylation is 1. The Morgan fingerprint density at radius 1 is 1.32 bits per heavy atom. The number of carbonyl (C=O) groups excluding carboxylic acids is 2. The molecule has 148 valence electrons. The molecular formula is C20H23N3O5. The fraction of sp³-hybridized carbons (Fsp3) is 0.500. The number of hydrogen-bond donors (Lipinski definition) is 1. The number of hydrogen-bond acceptors (Lipinski definition) is 6.